The van der Waals surface area contributed by atoms with E-state index in [0.717, 1.165) is 11.1 Å². The second-order valence-electron chi connectivity index (χ2n) is 7.54. The van der Waals surface area contributed by atoms with Gasteiger partial charge in [0.15, 0.2) is 0 Å². The second-order valence-corrected chi connectivity index (χ2v) is 7.54. The number of benzene rings is 2. The summed E-state index contributed by atoms with van der Waals surface area (Å²) in [7, 11) is 2.96. The molecule has 1 saturated heterocycles. The Kier molecular flexibility index (Phi) is 5.48. The van der Waals surface area contributed by atoms with Gasteiger partial charge in [-0.05, 0) is 55.3 Å². The minimum absolute atomic E-state index is 0.0747. The van der Waals surface area contributed by atoms with Gasteiger partial charge >= 0.3 is 0 Å². The minimum atomic E-state index is -0.933. The first-order chi connectivity index (χ1) is 15.4. The van der Waals surface area contributed by atoms with Crippen LogP contribution >= 0.6 is 0 Å². The molecule has 1 fully saturated rings. The van der Waals surface area contributed by atoms with Crippen LogP contribution in [0.1, 0.15) is 28.5 Å². The average molecular weight is 433 g/mol. The molecule has 32 heavy (non-hydrogen) atoms. The van der Waals surface area contributed by atoms with Crippen molar-refractivity contribution in [1.29, 1.82) is 0 Å². The molecular formula is C25H23NO6. The summed E-state index contributed by atoms with van der Waals surface area (Å²) in [6, 6.07) is 12.9. The van der Waals surface area contributed by atoms with Crippen molar-refractivity contribution in [2.75, 3.05) is 19.1 Å². The van der Waals surface area contributed by atoms with E-state index in [4.69, 9.17) is 13.9 Å². The van der Waals surface area contributed by atoms with Crippen molar-refractivity contribution in [1.82, 2.24) is 0 Å². The molecule has 0 radical (unpaired) electrons. The molecule has 3 aromatic rings. The molecule has 7 nitrogen and oxygen atoms in total. The number of ether oxygens (including phenoxy) is 2. The lowest BCUT2D eigenvalue weighted by Crippen LogP contribution is -2.30. The van der Waals surface area contributed by atoms with Crippen LogP contribution in [0.3, 0.4) is 0 Å². The summed E-state index contributed by atoms with van der Waals surface area (Å²) < 4.78 is 16.2. The van der Waals surface area contributed by atoms with E-state index in [9.17, 15) is 14.7 Å². The summed E-state index contributed by atoms with van der Waals surface area (Å²) in [6.45, 7) is 3.77. The molecule has 1 aromatic heterocycles. The number of Topliss-reactive ketones (excluding diaryl/α,β-unsaturated/α-hetero) is 1. The molecule has 2 heterocycles. The fourth-order valence-electron chi connectivity index (χ4n) is 3.92. The van der Waals surface area contributed by atoms with Crippen LogP contribution in [0, 0.1) is 13.8 Å². The van der Waals surface area contributed by atoms with E-state index in [1.54, 1.807) is 30.3 Å². The highest BCUT2D eigenvalue weighted by atomic mass is 16.5. The maximum atomic E-state index is 13.2. The molecule has 1 atom stereocenters. The number of aliphatic hydroxyl groups is 1. The normalized spacial score (nSPS) is 17.6. The van der Waals surface area contributed by atoms with Gasteiger partial charge in [-0.2, -0.15) is 0 Å². The monoisotopic (exact) mass is 433 g/mol. The number of hydrogen-bond donors (Lipinski definition) is 1. The Morgan fingerprint density at radius 2 is 1.81 bits per heavy atom. The number of anilines is 1. The van der Waals surface area contributed by atoms with Gasteiger partial charge in [0.1, 0.15) is 29.1 Å². The minimum Gasteiger partial charge on any atom is -0.507 e. The molecule has 7 heteroatoms. The van der Waals surface area contributed by atoms with Crippen molar-refractivity contribution in [2.45, 2.75) is 19.9 Å². The van der Waals surface area contributed by atoms with E-state index in [-0.39, 0.29) is 16.9 Å². The third-order valence-corrected chi connectivity index (χ3v) is 5.55. The van der Waals surface area contributed by atoms with E-state index >= 15 is 0 Å². The smallest absolute Gasteiger partial charge is 0.300 e. The van der Waals surface area contributed by atoms with Crippen LogP contribution in [0.2, 0.25) is 0 Å². The number of nitrogens with zero attached hydrogens (tertiary/aromatic N) is 1. The molecule has 0 bridgehead atoms. The zero-order valence-electron chi connectivity index (χ0n) is 18.2. The summed E-state index contributed by atoms with van der Waals surface area (Å²) >= 11 is 0. The van der Waals surface area contributed by atoms with Crippen LogP contribution in [0.15, 0.2) is 64.8 Å². The summed E-state index contributed by atoms with van der Waals surface area (Å²) in [4.78, 5) is 27.8. The molecule has 1 amide bonds. The lowest BCUT2D eigenvalue weighted by Gasteiger charge is -2.25. The van der Waals surface area contributed by atoms with E-state index < -0.39 is 17.7 Å². The third kappa shape index (κ3) is 3.41. The maximum absolute atomic E-state index is 13.2. The lowest BCUT2D eigenvalue weighted by atomic mass is 9.98. The molecule has 4 rings (SSSR count). The number of carbonyl (C=O) groups is 2. The van der Waals surface area contributed by atoms with E-state index in [0.29, 0.717) is 22.9 Å². The zero-order chi connectivity index (χ0) is 23.0. The van der Waals surface area contributed by atoms with Crippen LogP contribution in [0.4, 0.5) is 5.69 Å². The highest BCUT2D eigenvalue weighted by Crippen LogP contribution is 2.44. The van der Waals surface area contributed by atoms with Gasteiger partial charge in [0.25, 0.3) is 11.7 Å². The summed E-state index contributed by atoms with van der Waals surface area (Å²) in [6.07, 6.45) is 1.46. The topological polar surface area (TPSA) is 89.2 Å². The van der Waals surface area contributed by atoms with Gasteiger partial charge in [-0.25, -0.2) is 0 Å². The quantitative estimate of drug-likeness (QED) is 0.361. The molecule has 164 valence electrons. The number of hydrogen-bond acceptors (Lipinski definition) is 6. The number of carbonyl (C=O) groups excluding carboxylic acids is 2. The first kappa shape index (κ1) is 21.2. The zero-order valence-corrected chi connectivity index (χ0v) is 18.2. The van der Waals surface area contributed by atoms with Crippen LogP contribution in [0.25, 0.3) is 5.76 Å². The Labute approximate surface area is 185 Å². The van der Waals surface area contributed by atoms with Crippen molar-refractivity contribution >= 4 is 23.1 Å². The molecule has 1 N–H and O–H groups in total. The van der Waals surface area contributed by atoms with Crippen molar-refractivity contribution in [2.24, 2.45) is 0 Å². The van der Waals surface area contributed by atoms with Gasteiger partial charge in [-0.15, -0.1) is 0 Å². The van der Waals surface area contributed by atoms with E-state index in [2.05, 4.69) is 0 Å². The molecule has 2 aromatic carbocycles. The molecule has 0 spiro atoms. The van der Waals surface area contributed by atoms with Crippen LogP contribution in [-0.4, -0.2) is 31.0 Å². The summed E-state index contributed by atoms with van der Waals surface area (Å²) in [5, 5.41) is 11.3. The number of aliphatic hydroxyl groups excluding tert-OH is 1. The Bertz CT molecular complexity index is 1230. The third-order valence-electron chi connectivity index (χ3n) is 5.55. The van der Waals surface area contributed by atoms with Gasteiger partial charge in [-0.1, -0.05) is 12.1 Å². The molecule has 1 unspecified atom stereocenters. The van der Waals surface area contributed by atoms with Crippen molar-refractivity contribution in [3.63, 3.8) is 0 Å². The molecule has 1 aliphatic heterocycles. The van der Waals surface area contributed by atoms with Crippen LogP contribution in [0.5, 0.6) is 11.5 Å². The van der Waals surface area contributed by atoms with Gasteiger partial charge < -0.3 is 19.0 Å². The largest absolute Gasteiger partial charge is 0.507 e. The van der Waals surface area contributed by atoms with Gasteiger partial charge in [-0.3, -0.25) is 14.5 Å². The second kappa shape index (κ2) is 8.26. The van der Waals surface area contributed by atoms with Gasteiger partial charge in [0.2, 0.25) is 0 Å². The SMILES string of the molecule is COc1ccc(/C(O)=C2/C(=O)C(=O)N(c3cc(C)ccc3C)C2c2ccco2)c(OC)c1. The van der Waals surface area contributed by atoms with Crippen molar-refractivity contribution in [3.8, 4) is 11.5 Å². The highest BCUT2D eigenvalue weighted by Gasteiger charge is 2.49. The van der Waals surface area contributed by atoms with Crippen LogP contribution < -0.4 is 14.4 Å². The lowest BCUT2D eigenvalue weighted by molar-refractivity contribution is -0.132. The highest BCUT2D eigenvalue weighted by molar-refractivity contribution is 6.51. The van der Waals surface area contributed by atoms with E-state index in [1.807, 2.05) is 32.0 Å². The molecule has 1 aliphatic rings. The average Bonchev–Trinajstić information content (AvgIpc) is 3.41. The Balaban J connectivity index is 1.96. The summed E-state index contributed by atoms with van der Waals surface area (Å²) in [5.41, 5.74) is 2.52. The van der Waals surface area contributed by atoms with E-state index in [1.165, 1.54) is 25.4 Å². The number of amides is 1. The van der Waals surface area contributed by atoms with Crippen LogP contribution in [-0.2, 0) is 9.59 Å². The molecule has 0 aliphatic carbocycles. The Hall–Kier alpha value is -4.00. The number of furan rings is 1. The first-order valence-corrected chi connectivity index (χ1v) is 10.0. The van der Waals surface area contributed by atoms with Gasteiger partial charge in [0, 0.05) is 11.8 Å². The fraction of sp³-hybridized carbons (Fsp3) is 0.200. The predicted octanol–water partition coefficient (Wildman–Crippen LogP) is 4.54. The molecular weight excluding hydrogens is 410 g/mol. The number of aryl methyl sites for hydroxylation is 2. The standard InChI is InChI=1S/C25H23NO6/c1-14-7-8-15(2)18(12-14)26-22(19-6-5-11-32-19)21(24(28)25(26)29)23(27)17-10-9-16(30-3)13-20(17)31-4/h5-13,22,27H,1-4H3/b23-21-. The number of rotatable bonds is 5. The fourth-order valence-corrected chi connectivity index (χ4v) is 3.92. The number of ketones is 1. The molecule has 0 saturated carbocycles. The van der Waals surface area contributed by atoms with Crippen molar-refractivity contribution in [3.05, 3.63) is 82.8 Å². The summed E-state index contributed by atoms with van der Waals surface area (Å²) in [5.74, 6) is -0.706. The number of methoxy groups -OCH3 is 2. The Morgan fingerprint density at radius 1 is 1.03 bits per heavy atom. The predicted molar refractivity (Wildman–Crippen MR) is 119 cm³/mol. The maximum Gasteiger partial charge on any atom is 0.300 e. The first-order valence-electron chi connectivity index (χ1n) is 10.0. The van der Waals surface area contributed by atoms with Crippen molar-refractivity contribution < 1.29 is 28.6 Å². The Morgan fingerprint density at radius 3 is 2.47 bits per heavy atom. The van der Waals surface area contributed by atoms with Gasteiger partial charge in [0.05, 0.1) is 31.6 Å².